The van der Waals surface area contributed by atoms with Crippen molar-refractivity contribution in [2.45, 2.75) is 5.38 Å². The van der Waals surface area contributed by atoms with Crippen molar-refractivity contribution in [2.75, 3.05) is 12.9 Å². The smallest absolute Gasteiger partial charge is 0.324 e. The first-order valence-corrected chi connectivity index (χ1v) is 4.08. The number of carbonyl (C=O) groups is 1. The summed E-state index contributed by atoms with van der Waals surface area (Å²) in [5.74, 6) is -0.988. The van der Waals surface area contributed by atoms with Crippen LogP contribution in [0.15, 0.2) is 0 Å². The average Bonchev–Trinajstić information content (AvgIpc) is 1.85. The second-order valence-corrected chi connectivity index (χ2v) is 2.98. The van der Waals surface area contributed by atoms with Crippen LogP contribution in [0.3, 0.4) is 0 Å². The molecule has 0 radical (unpaired) electrons. The van der Waals surface area contributed by atoms with Gasteiger partial charge in [-0.2, -0.15) is 0 Å². The highest BCUT2D eigenvalue weighted by Gasteiger charge is 2.17. The average molecular weight is 187 g/mol. The van der Waals surface area contributed by atoms with Gasteiger partial charge in [-0.1, -0.05) is 0 Å². The molecular formula is C4H7ClO4S. The molecule has 2 atom stereocenters. The summed E-state index contributed by atoms with van der Waals surface area (Å²) in [6.07, 6.45) is 0. The number of hydrogen-bond acceptors (Lipinski definition) is 3. The van der Waals surface area contributed by atoms with Gasteiger partial charge in [0.2, 0.25) is 0 Å². The monoisotopic (exact) mass is 186 g/mol. The molecule has 0 aliphatic heterocycles. The van der Waals surface area contributed by atoms with Crippen molar-refractivity contribution in [3.63, 3.8) is 0 Å². The van der Waals surface area contributed by atoms with Crippen LogP contribution in [0.2, 0.25) is 0 Å². The Morgan fingerprint density at radius 2 is 2.40 bits per heavy atom. The van der Waals surface area contributed by atoms with Gasteiger partial charge in [-0.3, -0.25) is 4.79 Å². The Balaban J connectivity index is 3.72. The summed E-state index contributed by atoms with van der Waals surface area (Å²) in [5.41, 5.74) is 0. The molecule has 0 aromatic heterocycles. The summed E-state index contributed by atoms with van der Waals surface area (Å²) in [6.45, 7) is 0. The van der Waals surface area contributed by atoms with Crippen LogP contribution in [-0.2, 0) is 20.6 Å². The Bertz CT molecular complexity index is 148. The van der Waals surface area contributed by atoms with Gasteiger partial charge in [0.1, 0.15) is 5.38 Å². The molecule has 0 aromatic carbocycles. The zero-order valence-corrected chi connectivity index (χ0v) is 6.82. The van der Waals surface area contributed by atoms with E-state index in [9.17, 15) is 9.00 Å². The molecule has 0 heterocycles. The van der Waals surface area contributed by atoms with Gasteiger partial charge >= 0.3 is 5.97 Å². The molecule has 60 valence electrons. The van der Waals surface area contributed by atoms with Gasteiger partial charge in [0.15, 0.2) is 11.1 Å². The zero-order chi connectivity index (χ0) is 8.15. The quantitative estimate of drug-likeness (QED) is 0.383. The molecule has 1 N–H and O–H groups in total. The van der Waals surface area contributed by atoms with Crippen LogP contribution < -0.4 is 0 Å². The van der Waals surface area contributed by atoms with Gasteiger partial charge in [-0.15, -0.1) is 11.6 Å². The molecule has 0 aromatic rings. The molecule has 0 aliphatic rings. The lowest BCUT2D eigenvalue weighted by Crippen LogP contribution is -2.22. The summed E-state index contributed by atoms with van der Waals surface area (Å²) in [6, 6.07) is 0. The topological polar surface area (TPSA) is 63.6 Å². The maximum absolute atomic E-state index is 10.4. The highest BCUT2D eigenvalue weighted by molar-refractivity contribution is 7.79. The summed E-state index contributed by atoms with van der Waals surface area (Å²) < 4.78 is 22.5. The van der Waals surface area contributed by atoms with Crippen LogP contribution in [-0.4, -0.2) is 33.0 Å². The molecule has 10 heavy (non-hydrogen) atoms. The SMILES string of the molecule is COC(=O)C(Cl)CS(=O)O. The minimum Gasteiger partial charge on any atom is -0.468 e. The van der Waals surface area contributed by atoms with Crippen LogP contribution in [0.5, 0.6) is 0 Å². The first kappa shape index (κ1) is 9.87. The highest BCUT2D eigenvalue weighted by Crippen LogP contribution is 1.99. The lowest BCUT2D eigenvalue weighted by atomic mass is 10.5. The van der Waals surface area contributed by atoms with Crippen molar-refractivity contribution < 1.29 is 18.3 Å². The van der Waals surface area contributed by atoms with E-state index in [1.54, 1.807) is 0 Å². The lowest BCUT2D eigenvalue weighted by Gasteiger charge is -2.02. The minimum absolute atomic E-state index is 0.297. The first-order chi connectivity index (χ1) is 4.57. The lowest BCUT2D eigenvalue weighted by molar-refractivity contribution is -0.139. The van der Waals surface area contributed by atoms with E-state index < -0.39 is 22.4 Å². The van der Waals surface area contributed by atoms with Crippen LogP contribution in [0.1, 0.15) is 0 Å². The van der Waals surface area contributed by atoms with E-state index in [4.69, 9.17) is 16.2 Å². The van der Waals surface area contributed by atoms with Crippen molar-refractivity contribution in [1.82, 2.24) is 0 Å². The molecule has 0 aliphatic carbocycles. The van der Waals surface area contributed by atoms with Crippen LogP contribution in [0, 0.1) is 0 Å². The molecular weight excluding hydrogens is 180 g/mol. The molecule has 0 rings (SSSR count). The summed E-state index contributed by atoms with van der Waals surface area (Å²) in [7, 11) is 1.16. The Kier molecular flexibility index (Phi) is 4.59. The molecule has 6 heteroatoms. The number of alkyl halides is 1. The Labute approximate surface area is 65.8 Å². The number of hydrogen-bond donors (Lipinski definition) is 1. The van der Waals surface area contributed by atoms with E-state index in [0.717, 1.165) is 7.11 Å². The number of carbonyl (C=O) groups excluding carboxylic acids is 1. The van der Waals surface area contributed by atoms with Crippen molar-refractivity contribution in [3.05, 3.63) is 0 Å². The molecule has 0 bridgehead atoms. The van der Waals surface area contributed by atoms with Crippen molar-refractivity contribution in [2.24, 2.45) is 0 Å². The Hall–Kier alpha value is -0.130. The predicted octanol–water partition coefficient (Wildman–Crippen LogP) is -0.0115. The Morgan fingerprint density at radius 1 is 1.90 bits per heavy atom. The second kappa shape index (κ2) is 4.65. The number of halogens is 1. The molecule has 4 nitrogen and oxygen atoms in total. The van der Waals surface area contributed by atoms with Gasteiger partial charge in [-0.05, 0) is 0 Å². The fourth-order valence-electron chi connectivity index (χ4n) is 0.321. The van der Waals surface area contributed by atoms with Crippen LogP contribution >= 0.6 is 11.6 Å². The molecule has 0 amide bonds. The molecule has 0 saturated heterocycles. The summed E-state index contributed by atoms with van der Waals surface area (Å²) in [4.78, 5) is 10.4. The van der Waals surface area contributed by atoms with Gasteiger partial charge in [-0.25, -0.2) is 4.21 Å². The normalized spacial score (nSPS) is 15.9. The van der Waals surface area contributed by atoms with Gasteiger partial charge < -0.3 is 9.29 Å². The third kappa shape index (κ3) is 3.81. The zero-order valence-electron chi connectivity index (χ0n) is 5.24. The Morgan fingerprint density at radius 3 is 2.70 bits per heavy atom. The molecule has 2 unspecified atom stereocenters. The number of methoxy groups -OCH3 is 1. The van der Waals surface area contributed by atoms with Gasteiger partial charge in [0, 0.05) is 0 Å². The first-order valence-electron chi connectivity index (χ1n) is 2.37. The number of esters is 1. The van der Waals surface area contributed by atoms with E-state index in [-0.39, 0.29) is 5.75 Å². The van der Waals surface area contributed by atoms with E-state index in [2.05, 4.69) is 4.74 Å². The van der Waals surface area contributed by atoms with Crippen molar-refractivity contribution in [3.8, 4) is 0 Å². The van der Waals surface area contributed by atoms with E-state index in [1.165, 1.54) is 0 Å². The van der Waals surface area contributed by atoms with Crippen LogP contribution in [0.25, 0.3) is 0 Å². The van der Waals surface area contributed by atoms with E-state index >= 15 is 0 Å². The van der Waals surface area contributed by atoms with Crippen LogP contribution in [0.4, 0.5) is 0 Å². The van der Waals surface area contributed by atoms with Crippen molar-refractivity contribution >= 4 is 28.7 Å². The molecule has 0 spiro atoms. The third-order valence-corrected chi connectivity index (χ3v) is 1.88. The standard InChI is InChI=1S/C4H7ClO4S/c1-9-4(6)3(5)2-10(7)8/h3H,2H2,1H3,(H,7,8). The minimum atomic E-state index is -2.05. The third-order valence-electron chi connectivity index (χ3n) is 0.746. The number of ether oxygens (including phenoxy) is 1. The molecule has 0 fully saturated rings. The van der Waals surface area contributed by atoms with E-state index in [1.807, 2.05) is 0 Å². The maximum atomic E-state index is 10.4. The molecule has 0 saturated carbocycles. The second-order valence-electron chi connectivity index (χ2n) is 1.48. The highest BCUT2D eigenvalue weighted by atomic mass is 35.5. The van der Waals surface area contributed by atoms with Crippen molar-refractivity contribution in [1.29, 1.82) is 0 Å². The fourth-order valence-corrected chi connectivity index (χ4v) is 1.12. The van der Waals surface area contributed by atoms with Gasteiger partial charge in [0.05, 0.1) is 12.9 Å². The summed E-state index contributed by atoms with van der Waals surface area (Å²) >= 11 is 3.25. The number of rotatable bonds is 3. The fraction of sp³-hybridized carbons (Fsp3) is 0.750. The summed E-state index contributed by atoms with van der Waals surface area (Å²) in [5, 5.41) is -1.03. The van der Waals surface area contributed by atoms with E-state index in [0.29, 0.717) is 0 Å². The maximum Gasteiger partial charge on any atom is 0.324 e. The van der Waals surface area contributed by atoms with Gasteiger partial charge in [0.25, 0.3) is 0 Å². The predicted molar refractivity (Wildman–Crippen MR) is 37.3 cm³/mol. The largest absolute Gasteiger partial charge is 0.468 e.